The Labute approximate surface area is 85.7 Å². The normalized spacial score (nSPS) is 27.8. The molecule has 0 heterocycles. The van der Waals surface area contributed by atoms with Crippen LogP contribution in [0.15, 0.2) is 0 Å². The standard InChI is InChI=1S/C12H20O2/c13-11(10-6-2-1-3-7-10)12(14)8-4-5-9-12/h10,14H,1-9H2. The maximum atomic E-state index is 12.1. The first-order valence-electron chi connectivity index (χ1n) is 5.99. The Morgan fingerprint density at radius 1 is 1.00 bits per heavy atom. The van der Waals surface area contributed by atoms with Crippen molar-refractivity contribution in [3.63, 3.8) is 0 Å². The van der Waals surface area contributed by atoms with E-state index in [0.29, 0.717) is 12.8 Å². The molecule has 0 aromatic rings. The van der Waals surface area contributed by atoms with Crippen LogP contribution in [0, 0.1) is 5.92 Å². The Morgan fingerprint density at radius 2 is 1.57 bits per heavy atom. The van der Waals surface area contributed by atoms with Gasteiger partial charge in [0.1, 0.15) is 5.60 Å². The molecule has 0 bridgehead atoms. The van der Waals surface area contributed by atoms with Gasteiger partial charge in [0.2, 0.25) is 0 Å². The number of hydrogen-bond donors (Lipinski definition) is 1. The minimum absolute atomic E-state index is 0.162. The fourth-order valence-electron chi connectivity index (χ4n) is 2.95. The zero-order valence-corrected chi connectivity index (χ0v) is 8.80. The molecule has 2 aliphatic carbocycles. The van der Waals surface area contributed by atoms with E-state index in [9.17, 15) is 9.90 Å². The first kappa shape index (κ1) is 10.2. The molecule has 0 aromatic heterocycles. The SMILES string of the molecule is O=C(C1CCCCC1)C1(O)CCCC1. The highest BCUT2D eigenvalue weighted by molar-refractivity contribution is 5.89. The summed E-state index contributed by atoms with van der Waals surface area (Å²) < 4.78 is 0. The van der Waals surface area contributed by atoms with Crippen molar-refractivity contribution in [2.75, 3.05) is 0 Å². The maximum Gasteiger partial charge on any atom is 0.167 e. The summed E-state index contributed by atoms with van der Waals surface area (Å²) in [6, 6.07) is 0. The summed E-state index contributed by atoms with van der Waals surface area (Å²) in [6.45, 7) is 0. The largest absolute Gasteiger partial charge is 0.382 e. The van der Waals surface area contributed by atoms with Gasteiger partial charge < -0.3 is 5.11 Å². The molecule has 14 heavy (non-hydrogen) atoms. The van der Waals surface area contributed by atoms with Gasteiger partial charge in [-0.1, -0.05) is 19.3 Å². The number of ketones is 1. The molecule has 2 nitrogen and oxygen atoms in total. The van der Waals surface area contributed by atoms with Crippen LogP contribution in [0.25, 0.3) is 0 Å². The Kier molecular flexibility index (Phi) is 2.91. The van der Waals surface area contributed by atoms with Crippen LogP contribution in [0.3, 0.4) is 0 Å². The lowest BCUT2D eigenvalue weighted by atomic mass is 9.79. The van der Waals surface area contributed by atoms with Crippen molar-refractivity contribution in [3.8, 4) is 0 Å². The summed E-state index contributed by atoms with van der Waals surface area (Å²) in [5, 5.41) is 10.2. The van der Waals surface area contributed by atoms with Gasteiger partial charge >= 0.3 is 0 Å². The van der Waals surface area contributed by atoms with Gasteiger partial charge in [0, 0.05) is 5.92 Å². The van der Waals surface area contributed by atoms with Crippen molar-refractivity contribution in [1.29, 1.82) is 0 Å². The van der Waals surface area contributed by atoms with Gasteiger partial charge in [-0.05, 0) is 38.5 Å². The summed E-state index contributed by atoms with van der Waals surface area (Å²) in [6.07, 6.45) is 9.11. The minimum Gasteiger partial charge on any atom is -0.382 e. The average Bonchev–Trinajstić information content (AvgIpc) is 2.67. The first-order valence-corrected chi connectivity index (χ1v) is 5.99. The minimum atomic E-state index is -0.929. The van der Waals surface area contributed by atoms with E-state index < -0.39 is 5.60 Å². The van der Waals surface area contributed by atoms with Crippen molar-refractivity contribution in [1.82, 2.24) is 0 Å². The second-order valence-corrected chi connectivity index (χ2v) is 4.94. The second kappa shape index (κ2) is 4.01. The number of carbonyl (C=O) groups excluding carboxylic acids is 1. The van der Waals surface area contributed by atoms with Gasteiger partial charge in [-0.15, -0.1) is 0 Å². The molecule has 0 aromatic carbocycles. The lowest BCUT2D eigenvalue weighted by Crippen LogP contribution is -2.40. The van der Waals surface area contributed by atoms with E-state index in [4.69, 9.17) is 0 Å². The molecule has 0 saturated heterocycles. The van der Waals surface area contributed by atoms with Crippen molar-refractivity contribution in [3.05, 3.63) is 0 Å². The van der Waals surface area contributed by atoms with E-state index in [2.05, 4.69) is 0 Å². The lowest BCUT2D eigenvalue weighted by molar-refractivity contribution is -0.142. The summed E-state index contributed by atoms with van der Waals surface area (Å²) in [7, 11) is 0. The Hall–Kier alpha value is -0.370. The third-order valence-electron chi connectivity index (χ3n) is 3.87. The van der Waals surface area contributed by atoms with Crippen molar-refractivity contribution in [2.45, 2.75) is 63.4 Å². The Morgan fingerprint density at radius 3 is 2.14 bits per heavy atom. The van der Waals surface area contributed by atoms with Crippen LogP contribution in [0.2, 0.25) is 0 Å². The fourth-order valence-corrected chi connectivity index (χ4v) is 2.95. The predicted molar refractivity (Wildman–Crippen MR) is 55.0 cm³/mol. The van der Waals surface area contributed by atoms with Gasteiger partial charge in [0.15, 0.2) is 5.78 Å². The topological polar surface area (TPSA) is 37.3 Å². The van der Waals surface area contributed by atoms with Gasteiger partial charge in [-0.25, -0.2) is 0 Å². The number of hydrogen-bond acceptors (Lipinski definition) is 2. The molecule has 0 atom stereocenters. The van der Waals surface area contributed by atoms with Crippen molar-refractivity contribution >= 4 is 5.78 Å². The molecule has 0 aliphatic heterocycles. The third-order valence-corrected chi connectivity index (χ3v) is 3.87. The zero-order chi connectivity index (χ0) is 10.0. The lowest BCUT2D eigenvalue weighted by Gasteiger charge is -2.28. The fraction of sp³-hybridized carbons (Fsp3) is 0.917. The monoisotopic (exact) mass is 196 g/mol. The number of Topliss-reactive ketones (excluding diaryl/α,β-unsaturated/α-hetero) is 1. The van der Waals surface area contributed by atoms with E-state index in [1.54, 1.807) is 0 Å². The van der Waals surface area contributed by atoms with Crippen LogP contribution in [0.1, 0.15) is 57.8 Å². The molecule has 2 saturated carbocycles. The van der Waals surface area contributed by atoms with Crippen LogP contribution in [-0.4, -0.2) is 16.5 Å². The Balaban J connectivity index is 1.98. The molecule has 0 unspecified atom stereocenters. The van der Waals surface area contributed by atoms with E-state index in [-0.39, 0.29) is 11.7 Å². The third kappa shape index (κ3) is 1.85. The molecule has 0 radical (unpaired) electrons. The summed E-state index contributed by atoms with van der Waals surface area (Å²) in [5.41, 5.74) is -0.929. The summed E-state index contributed by atoms with van der Waals surface area (Å²) in [5.74, 6) is 0.335. The van der Waals surface area contributed by atoms with Crippen LogP contribution >= 0.6 is 0 Å². The molecule has 2 rings (SSSR count). The second-order valence-electron chi connectivity index (χ2n) is 4.94. The molecule has 2 fully saturated rings. The van der Waals surface area contributed by atoms with E-state index >= 15 is 0 Å². The smallest absolute Gasteiger partial charge is 0.167 e. The summed E-state index contributed by atoms with van der Waals surface area (Å²) in [4.78, 5) is 12.1. The zero-order valence-electron chi connectivity index (χ0n) is 8.80. The number of rotatable bonds is 2. The molecule has 1 N–H and O–H groups in total. The molecular weight excluding hydrogens is 176 g/mol. The highest BCUT2D eigenvalue weighted by atomic mass is 16.3. The van der Waals surface area contributed by atoms with Gasteiger partial charge in [-0.3, -0.25) is 4.79 Å². The molecule has 0 amide bonds. The van der Waals surface area contributed by atoms with Gasteiger partial charge in [-0.2, -0.15) is 0 Å². The molecule has 2 aliphatic rings. The highest BCUT2D eigenvalue weighted by Gasteiger charge is 2.42. The van der Waals surface area contributed by atoms with E-state index in [0.717, 1.165) is 25.7 Å². The van der Waals surface area contributed by atoms with Crippen molar-refractivity contribution < 1.29 is 9.90 Å². The van der Waals surface area contributed by atoms with Gasteiger partial charge in [0.05, 0.1) is 0 Å². The molecule has 0 spiro atoms. The number of aliphatic hydroxyl groups is 1. The van der Waals surface area contributed by atoms with Crippen LogP contribution in [0.5, 0.6) is 0 Å². The van der Waals surface area contributed by atoms with Gasteiger partial charge in [0.25, 0.3) is 0 Å². The quantitative estimate of drug-likeness (QED) is 0.736. The maximum absolute atomic E-state index is 12.1. The molecular formula is C12H20O2. The molecule has 2 heteroatoms. The van der Waals surface area contributed by atoms with Crippen LogP contribution in [0.4, 0.5) is 0 Å². The molecule has 80 valence electrons. The highest BCUT2D eigenvalue weighted by Crippen LogP contribution is 2.36. The van der Waals surface area contributed by atoms with Crippen molar-refractivity contribution in [2.24, 2.45) is 5.92 Å². The van der Waals surface area contributed by atoms with Crippen LogP contribution < -0.4 is 0 Å². The Bertz CT molecular complexity index is 210. The van der Waals surface area contributed by atoms with E-state index in [1.807, 2.05) is 0 Å². The van der Waals surface area contributed by atoms with Crippen LogP contribution in [-0.2, 0) is 4.79 Å². The predicted octanol–water partition coefficient (Wildman–Crippen LogP) is 2.44. The average molecular weight is 196 g/mol. The summed E-state index contributed by atoms with van der Waals surface area (Å²) >= 11 is 0. The number of carbonyl (C=O) groups is 1. The van der Waals surface area contributed by atoms with E-state index in [1.165, 1.54) is 19.3 Å². The first-order chi connectivity index (χ1) is 6.72.